The highest BCUT2D eigenvalue weighted by Gasteiger charge is 2.04. The quantitative estimate of drug-likeness (QED) is 0.771. The second kappa shape index (κ2) is 8.08. The molecule has 0 heterocycles. The molecule has 0 spiro atoms. The van der Waals surface area contributed by atoms with Crippen LogP contribution in [0.3, 0.4) is 0 Å². The topological polar surface area (TPSA) is 35.2 Å². The maximum Gasteiger partial charge on any atom is 0.119 e. The van der Waals surface area contributed by atoms with Crippen molar-refractivity contribution in [2.75, 3.05) is 6.61 Å². The van der Waals surface area contributed by atoms with Crippen LogP contribution in [0.5, 0.6) is 5.75 Å². The van der Waals surface area contributed by atoms with Gasteiger partial charge in [0, 0.05) is 10.5 Å². The Morgan fingerprint density at radius 1 is 1.05 bits per heavy atom. The molecule has 2 rings (SSSR count). The van der Waals surface area contributed by atoms with Crippen molar-refractivity contribution in [1.82, 2.24) is 0 Å². The fraction of sp³-hybridized carbons (Fsp3) is 0.294. The Balaban J connectivity index is 1.66. The van der Waals surface area contributed by atoms with E-state index in [9.17, 15) is 0 Å². The molecule has 0 amide bonds. The van der Waals surface area contributed by atoms with Crippen LogP contribution in [0.4, 0.5) is 0 Å². The summed E-state index contributed by atoms with van der Waals surface area (Å²) in [7, 11) is 0. The average Bonchev–Trinajstić information content (AvgIpc) is 2.45. The number of hydrogen-bond acceptors (Lipinski definition) is 2. The third kappa shape index (κ3) is 5.35. The van der Waals surface area contributed by atoms with Crippen LogP contribution in [0.25, 0.3) is 0 Å². The Labute approximate surface area is 129 Å². The first-order valence-electron chi connectivity index (χ1n) is 6.92. The Kier molecular flexibility index (Phi) is 6.09. The minimum absolute atomic E-state index is 0.184. The maximum atomic E-state index is 6.16. The first-order chi connectivity index (χ1) is 9.74. The molecular weight excluding hydrogens is 314 g/mol. The molecule has 0 aromatic heterocycles. The van der Waals surface area contributed by atoms with Gasteiger partial charge in [0.15, 0.2) is 0 Å². The number of ether oxygens (including phenoxy) is 1. The molecule has 0 bridgehead atoms. The first-order valence-corrected chi connectivity index (χ1v) is 7.71. The molecule has 1 unspecified atom stereocenters. The molecule has 0 radical (unpaired) electrons. The lowest BCUT2D eigenvalue weighted by Gasteiger charge is -2.12. The van der Waals surface area contributed by atoms with Crippen LogP contribution in [0, 0.1) is 0 Å². The third-order valence-corrected chi connectivity index (χ3v) is 3.61. The molecule has 0 aliphatic heterocycles. The summed E-state index contributed by atoms with van der Waals surface area (Å²) in [5.41, 5.74) is 7.44. The van der Waals surface area contributed by atoms with E-state index < -0.39 is 0 Å². The maximum absolute atomic E-state index is 6.16. The van der Waals surface area contributed by atoms with E-state index >= 15 is 0 Å². The molecule has 106 valence electrons. The summed E-state index contributed by atoms with van der Waals surface area (Å²) in [6, 6.07) is 18.4. The van der Waals surface area contributed by atoms with Crippen LogP contribution in [0.15, 0.2) is 59.1 Å². The van der Waals surface area contributed by atoms with Gasteiger partial charge in [-0.1, -0.05) is 46.3 Å². The molecule has 2 N–H and O–H groups in total. The van der Waals surface area contributed by atoms with Crippen molar-refractivity contribution < 1.29 is 4.74 Å². The lowest BCUT2D eigenvalue weighted by molar-refractivity contribution is 0.301. The zero-order chi connectivity index (χ0) is 14.2. The highest BCUT2D eigenvalue weighted by Crippen LogP contribution is 2.14. The molecule has 0 saturated carbocycles. The van der Waals surface area contributed by atoms with Crippen LogP contribution >= 0.6 is 15.9 Å². The number of benzene rings is 2. The standard InChI is InChI=1S/C17H20BrNO/c18-15-7-4-6-14(12-15)13-16(19)8-5-11-20-17-9-2-1-3-10-17/h1-4,6-7,9-10,12,16H,5,8,11,13,19H2. The van der Waals surface area contributed by atoms with Crippen LogP contribution in [-0.2, 0) is 6.42 Å². The highest BCUT2D eigenvalue weighted by molar-refractivity contribution is 9.10. The second-order valence-corrected chi connectivity index (χ2v) is 5.81. The highest BCUT2D eigenvalue weighted by atomic mass is 79.9. The minimum atomic E-state index is 0.184. The van der Waals surface area contributed by atoms with Gasteiger partial charge < -0.3 is 10.5 Å². The smallest absolute Gasteiger partial charge is 0.119 e. The van der Waals surface area contributed by atoms with Gasteiger partial charge in [0.1, 0.15) is 5.75 Å². The van der Waals surface area contributed by atoms with Crippen molar-refractivity contribution in [2.24, 2.45) is 5.73 Å². The summed E-state index contributed by atoms with van der Waals surface area (Å²) >= 11 is 3.48. The summed E-state index contributed by atoms with van der Waals surface area (Å²) in [6.07, 6.45) is 2.86. The number of hydrogen-bond donors (Lipinski definition) is 1. The van der Waals surface area contributed by atoms with Crippen LogP contribution in [0.2, 0.25) is 0 Å². The summed E-state index contributed by atoms with van der Waals surface area (Å²) in [4.78, 5) is 0. The first kappa shape index (κ1) is 15.1. The fourth-order valence-corrected chi connectivity index (χ4v) is 2.57. The van der Waals surface area contributed by atoms with E-state index in [0.717, 1.165) is 36.1 Å². The molecule has 20 heavy (non-hydrogen) atoms. The molecule has 3 heteroatoms. The zero-order valence-electron chi connectivity index (χ0n) is 11.5. The predicted molar refractivity (Wildman–Crippen MR) is 87.0 cm³/mol. The normalized spacial score (nSPS) is 12.1. The van der Waals surface area contributed by atoms with Gasteiger partial charge in [-0.3, -0.25) is 0 Å². The number of rotatable bonds is 7. The van der Waals surface area contributed by atoms with Gasteiger partial charge >= 0.3 is 0 Å². The van der Waals surface area contributed by atoms with E-state index in [-0.39, 0.29) is 6.04 Å². The van der Waals surface area contributed by atoms with E-state index in [2.05, 4.69) is 28.1 Å². The van der Waals surface area contributed by atoms with Crippen molar-refractivity contribution in [3.63, 3.8) is 0 Å². The van der Waals surface area contributed by atoms with Crippen molar-refractivity contribution in [1.29, 1.82) is 0 Å². The second-order valence-electron chi connectivity index (χ2n) is 4.90. The van der Waals surface area contributed by atoms with E-state index in [1.165, 1.54) is 5.56 Å². The lowest BCUT2D eigenvalue weighted by Crippen LogP contribution is -2.23. The Bertz CT molecular complexity index is 515. The van der Waals surface area contributed by atoms with E-state index in [0.29, 0.717) is 0 Å². The van der Waals surface area contributed by atoms with Gasteiger partial charge in [0.05, 0.1) is 6.61 Å². The summed E-state index contributed by atoms with van der Waals surface area (Å²) in [5, 5.41) is 0. The number of para-hydroxylation sites is 1. The SMILES string of the molecule is NC(CCCOc1ccccc1)Cc1cccc(Br)c1. The summed E-state index contributed by atoms with van der Waals surface area (Å²) in [6.45, 7) is 0.718. The van der Waals surface area contributed by atoms with Gasteiger partial charge in [-0.05, 0) is 49.1 Å². The summed E-state index contributed by atoms with van der Waals surface area (Å²) in [5.74, 6) is 0.924. The van der Waals surface area contributed by atoms with Crippen LogP contribution in [-0.4, -0.2) is 12.6 Å². The monoisotopic (exact) mass is 333 g/mol. The van der Waals surface area contributed by atoms with Crippen molar-refractivity contribution >= 4 is 15.9 Å². The molecule has 1 atom stereocenters. The predicted octanol–water partition coefficient (Wildman–Crippen LogP) is 4.18. The molecule has 2 aromatic rings. The molecular formula is C17H20BrNO. The molecule has 0 aliphatic carbocycles. The van der Waals surface area contributed by atoms with Gasteiger partial charge in [0.25, 0.3) is 0 Å². The van der Waals surface area contributed by atoms with Crippen LogP contribution in [0.1, 0.15) is 18.4 Å². The Hall–Kier alpha value is -1.32. The molecule has 2 nitrogen and oxygen atoms in total. The van der Waals surface area contributed by atoms with Crippen molar-refractivity contribution in [2.45, 2.75) is 25.3 Å². The van der Waals surface area contributed by atoms with E-state index in [1.54, 1.807) is 0 Å². The molecule has 0 fully saturated rings. The lowest BCUT2D eigenvalue weighted by atomic mass is 10.0. The summed E-state index contributed by atoms with van der Waals surface area (Å²) < 4.78 is 6.77. The van der Waals surface area contributed by atoms with Gasteiger partial charge in [-0.25, -0.2) is 0 Å². The minimum Gasteiger partial charge on any atom is -0.494 e. The molecule has 0 aliphatic rings. The van der Waals surface area contributed by atoms with Crippen molar-refractivity contribution in [3.05, 3.63) is 64.6 Å². The van der Waals surface area contributed by atoms with Gasteiger partial charge in [0.2, 0.25) is 0 Å². The Morgan fingerprint density at radius 2 is 1.85 bits per heavy atom. The number of halogens is 1. The van der Waals surface area contributed by atoms with Gasteiger partial charge in [-0.2, -0.15) is 0 Å². The van der Waals surface area contributed by atoms with Crippen LogP contribution < -0.4 is 10.5 Å². The largest absolute Gasteiger partial charge is 0.494 e. The number of nitrogens with two attached hydrogens (primary N) is 1. The Morgan fingerprint density at radius 3 is 2.60 bits per heavy atom. The van der Waals surface area contributed by atoms with E-state index in [4.69, 9.17) is 10.5 Å². The fourth-order valence-electron chi connectivity index (χ4n) is 2.12. The van der Waals surface area contributed by atoms with Crippen molar-refractivity contribution in [3.8, 4) is 5.75 Å². The molecule has 0 saturated heterocycles. The molecule has 2 aromatic carbocycles. The third-order valence-electron chi connectivity index (χ3n) is 3.12. The average molecular weight is 334 g/mol. The van der Waals surface area contributed by atoms with Gasteiger partial charge in [-0.15, -0.1) is 0 Å². The van der Waals surface area contributed by atoms with E-state index in [1.807, 2.05) is 42.5 Å². The zero-order valence-corrected chi connectivity index (χ0v) is 13.1.